The fraction of sp³-hybridized carbons (Fsp3) is 0.533. The van der Waals surface area contributed by atoms with Gasteiger partial charge in [-0.1, -0.05) is 38.7 Å². The summed E-state index contributed by atoms with van der Waals surface area (Å²) in [7, 11) is 0. The number of hydrogen-bond acceptors (Lipinski definition) is 2. The maximum Gasteiger partial charge on any atom is 0.0992 e. The summed E-state index contributed by atoms with van der Waals surface area (Å²) in [5, 5.41) is 12.3. The Kier molecular flexibility index (Phi) is 6.17. The third-order valence-corrected chi connectivity index (χ3v) is 2.96. The van der Waals surface area contributed by atoms with Crippen molar-refractivity contribution in [2.45, 2.75) is 46.0 Å². The molecule has 1 aromatic carbocycles. The number of benzene rings is 1. The molecule has 0 unspecified atom stereocenters. The van der Waals surface area contributed by atoms with Crippen LogP contribution in [0, 0.1) is 18.3 Å². The number of anilines is 1. The number of hydrogen-bond donors (Lipinski definition) is 1. The van der Waals surface area contributed by atoms with Gasteiger partial charge in [0.05, 0.1) is 11.6 Å². The first-order chi connectivity index (χ1) is 8.27. The number of nitriles is 1. The van der Waals surface area contributed by atoms with Crippen LogP contribution in [0.4, 0.5) is 5.69 Å². The van der Waals surface area contributed by atoms with Gasteiger partial charge in [-0.05, 0) is 31.0 Å². The molecule has 1 aromatic rings. The van der Waals surface area contributed by atoms with E-state index in [9.17, 15) is 0 Å². The van der Waals surface area contributed by atoms with Gasteiger partial charge in [-0.2, -0.15) is 5.26 Å². The second-order valence-electron chi connectivity index (χ2n) is 4.48. The highest BCUT2D eigenvalue weighted by atomic mass is 14.9. The summed E-state index contributed by atoms with van der Waals surface area (Å²) >= 11 is 0. The lowest BCUT2D eigenvalue weighted by molar-refractivity contribution is 0.645. The molecule has 92 valence electrons. The van der Waals surface area contributed by atoms with Crippen molar-refractivity contribution < 1.29 is 0 Å². The van der Waals surface area contributed by atoms with Gasteiger partial charge in [0.1, 0.15) is 0 Å². The number of nitrogens with zero attached hydrogens (tertiary/aromatic N) is 1. The minimum Gasteiger partial charge on any atom is -0.385 e. The van der Waals surface area contributed by atoms with Gasteiger partial charge >= 0.3 is 0 Å². The van der Waals surface area contributed by atoms with Gasteiger partial charge in [-0.25, -0.2) is 0 Å². The van der Waals surface area contributed by atoms with E-state index in [4.69, 9.17) is 5.26 Å². The predicted molar refractivity (Wildman–Crippen MR) is 73.1 cm³/mol. The molecule has 0 saturated carbocycles. The molecule has 0 atom stereocenters. The van der Waals surface area contributed by atoms with E-state index in [0.717, 1.165) is 17.8 Å². The smallest absolute Gasteiger partial charge is 0.0992 e. The summed E-state index contributed by atoms with van der Waals surface area (Å²) in [6.07, 6.45) is 6.45. The number of aryl methyl sites for hydroxylation is 1. The average molecular weight is 230 g/mol. The van der Waals surface area contributed by atoms with Crippen LogP contribution in [0.5, 0.6) is 0 Å². The molecule has 0 heterocycles. The van der Waals surface area contributed by atoms with Gasteiger partial charge in [0.25, 0.3) is 0 Å². The van der Waals surface area contributed by atoms with Crippen LogP contribution in [0.3, 0.4) is 0 Å². The molecule has 0 fully saturated rings. The van der Waals surface area contributed by atoms with Crippen molar-refractivity contribution in [2.24, 2.45) is 0 Å². The molecular weight excluding hydrogens is 208 g/mol. The lowest BCUT2D eigenvalue weighted by Gasteiger charge is -2.09. The van der Waals surface area contributed by atoms with E-state index in [-0.39, 0.29) is 0 Å². The molecule has 1 N–H and O–H groups in total. The standard InChI is InChI=1S/C15H22N2/c1-3-4-5-6-7-10-17-15-11-14(12-16)9-8-13(15)2/h8-9,11,17H,3-7,10H2,1-2H3. The zero-order chi connectivity index (χ0) is 12.5. The van der Waals surface area contributed by atoms with Crippen molar-refractivity contribution in [3.63, 3.8) is 0 Å². The Balaban J connectivity index is 2.33. The lowest BCUT2D eigenvalue weighted by atomic mass is 10.1. The first-order valence-corrected chi connectivity index (χ1v) is 6.52. The van der Waals surface area contributed by atoms with Crippen molar-refractivity contribution in [1.82, 2.24) is 0 Å². The second kappa shape index (κ2) is 7.73. The van der Waals surface area contributed by atoms with Crippen molar-refractivity contribution in [2.75, 3.05) is 11.9 Å². The molecule has 0 radical (unpaired) electrons. The third kappa shape index (κ3) is 4.91. The molecule has 2 nitrogen and oxygen atoms in total. The van der Waals surface area contributed by atoms with Crippen molar-refractivity contribution in [3.05, 3.63) is 29.3 Å². The Labute approximate surface area is 105 Å². The Morgan fingerprint density at radius 1 is 1.18 bits per heavy atom. The van der Waals surface area contributed by atoms with E-state index in [0.29, 0.717) is 0 Å². The van der Waals surface area contributed by atoms with Gasteiger partial charge < -0.3 is 5.32 Å². The van der Waals surface area contributed by atoms with Crippen LogP contribution < -0.4 is 5.32 Å². The maximum absolute atomic E-state index is 8.84. The molecule has 1 rings (SSSR count). The van der Waals surface area contributed by atoms with E-state index in [1.54, 1.807) is 0 Å². The van der Waals surface area contributed by atoms with Crippen LogP contribution in [0.25, 0.3) is 0 Å². The SMILES string of the molecule is CCCCCCCNc1cc(C#N)ccc1C. The Morgan fingerprint density at radius 3 is 2.65 bits per heavy atom. The highest BCUT2D eigenvalue weighted by molar-refractivity contribution is 5.55. The molecule has 0 aliphatic carbocycles. The first-order valence-electron chi connectivity index (χ1n) is 6.52. The minimum atomic E-state index is 0.726. The van der Waals surface area contributed by atoms with Gasteiger partial charge in [-0.3, -0.25) is 0 Å². The summed E-state index contributed by atoms with van der Waals surface area (Å²) in [6, 6.07) is 7.97. The zero-order valence-electron chi connectivity index (χ0n) is 10.9. The number of unbranched alkanes of at least 4 members (excludes halogenated alkanes) is 4. The fourth-order valence-electron chi connectivity index (χ4n) is 1.83. The normalized spacial score (nSPS) is 9.94. The van der Waals surface area contributed by atoms with Crippen LogP contribution in [0.2, 0.25) is 0 Å². The van der Waals surface area contributed by atoms with E-state index >= 15 is 0 Å². The molecule has 0 spiro atoms. The summed E-state index contributed by atoms with van der Waals surface area (Å²) < 4.78 is 0. The third-order valence-electron chi connectivity index (χ3n) is 2.96. The van der Waals surface area contributed by atoms with Gasteiger partial charge in [0.15, 0.2) is 0 Å². The number of nitrogens with one attached hydrogen (secondary N) is 1. The molecule has 0 bridgehead atoms. The van der Waals surface area contributed by atoms with E-state index in [1.165, 1.54) is 37.7 Å². The average Bonchev–Trinajstić information content (AvgIpc) is 2.35. The quantitative estimate of drug-likeness (QED) is 0.711. The molecule has 0 saturated heterocycles. The lowest BCUT2D eigenvalue weighted by Crippen LogP contribution is -2.03. The molecule has 0 amide bonds. The maximum atomic E-state index is 8.84. The molecular formula is C15H22N2. The second-order valence-corrected chi connectivity index (χ2v) is 4.48. The van der Waals surface area contributed by atoms with E-state index in [1.807, 2.05) is 18.2 Å². The summed E-state index contributed by atoms with van der Waals surface area (Å²) in [5.74, 6) is 0. The fourth-order valence-corrected chi connectivity index (χ4v) is 1.83. The van der Waals surface area contributed by atoms with Crippen LogP contribution in [-0.4, -0.2) is 6.54 Å². The van der Waals surface area contributed by atoms with Crippen LogP contribution in [-0.2, 0) is 0 Å². The van der Waals surface area contributed by atoms with Crippen molar-refractivity contribution >= 4 is 5.69 Å². The molecule has 0 aromatic heterocycles. The van der Waals surface area contributed by atoms with Gasteiger partial charge in [0.2, 0.25) is 0 Å². The first kappa shape index (κ1) is 13.6. The largest absolute Gasteiger partial charge is 0.385 e. The van der Waals surface area contributed by atoms with Gasteiger partial charge in [0, 0.05) is 12.2 Å². The van der Waals surface area contributed by atoms with Gasteiger partial charge in [-0.15, -0.1) is 0 Å². The Hall–Kier alpha value is -1.49. The van der Waals surface area contributed by atoms with Crippen LogP contribution >= 0.6 is 0 Å². The van der Waals surface area contributed by atoms with Crippen molar-refractivity contribution in [3.8, 4) is 6.07 Å². The zero-order valence-corrected chi connectivity index (χ0v) is 10.9. The van der Waals surface area contributed by atoms with E-state index in [2.05, 4.69) is 25.2 Å². The number of rotatable bonds is 7. The molecule has 0 aliphatic rings. The highest BCUT2D eigenvalue weighted by Crippen LogP contribution is 2.16. The summed E-state index contributed by atoms with van der Waals surface area (Å²) in [4.78, 5) is 0. The van der Waals surface area contributed by atoms with Crippen LogP contribution in [0.15, 0.2) is 18.2 Å². The topological polar surface area (TPSA) is 35.8 Å². The summed E-state index contributed by atoms with van der Waals surface area (Å²) in [5.41, 5.74) is 3.03. The Morgan fingerprint density at radius 2 is 1.94 bits per heavy atom. The van der Waals surface area contributed by atoms with E-state index < -0.39 is 0 Å². The molecule has 17 heavy (non-hydrogen) atoms. The highest BCUT2D eigenvalue weighted by Gasteiger charge is 1.99. The summed E-state index contributed by atoms with van der Waals surface area (Å²) in [6.45, 7) is 5.30. The monoisotopic (exact) mass is 230 g/mol. The predicted octanol–water partition coefficient (Wildman–Crippen LogP) is 4.25. The Bertz CT molecular complexity index is 377. The molecule has 2 heteroatoms. The van der Waals surface area contributed by atoms with Crippen molar-refractivity contribution in [1.29, 1.82) is 5.26 Å². The molecule has 0 aliphatic heterocycles. The minimum absolute atomic E-state index is 0.726. The van der Waals surface area contributed by atoms with Crippen LogP contribution in [0.1, 0.15) is 50.2 Å².